The molecular weight excluding hydrogens is 276 g/mol. The Morgan fingerprint density at radius 1 is 1.35 bits per heavy atom. The van der Waals surface area contributed by atoms with E-state index in [-0.39, 0.29) is 12.5 Å². The molecule has 0 fully saturated rings. The molecule has 0 saturated carbocycles. The van der Waals surface area contributed by atoms with Crippen LogP contribution >= 0.6 is 12.2 Å². The van der Waals surface area contributed by atoms with E-state index in [1.807, 2.05) is 12.1 Å². The molecule has 5 nitrogen and oxygen atoms in total. The van der Waals surface area contributed by atoms with Gasteiger partial charge in [0.25, 0.3) is 5.91 Å². The van der Waals surface area contributed by atoms with E-state index in [0.29, 0.717) is 30.3 Å². The third kappa shape index (κ3) is 7.06. The van der Waals surface area contributed by atoms with Crippen molar-refractivity contribution >= 4 is 23.1 Å². The van der Waals surface area contributed by atoms with E-state index in [2.05, 4.69) is 5.32 Å². The van der Waals surface area contributed by atoms with Crippen LogP contribution in [0.5, 0.6) is 5.75 Å². The Morgan fingerprint density at radius 3 is 2.65 bits per heavy atom. The van der Waals surface area contributed by atoms with Crippen molar-refractivity contribution in [3.05, 3.63) is 29.8 Å². The van der Waals surface area contributed by atoms with Gasteiger partial charge in [0.1, 0.15) is 5.75 Å². The Hall–Kier alpha value is -1.66. The highest BCUT2D eigenvalue weighted by Gasteiger charge is 2.02. The zero-order valence-electron chi connectivity index (χ0n) is 11.6. The fourth-order valence-corrected chi connectivity index (χ4v) is 1.72. The zero-order chi connectivity index (χ0) is 14.8. The van der Waals surface area contributed by atoms with Crippen LogP contribution in [0.15, 0.2) is 24.3 Å². The van der Waals surface area contributed by atoms with Gasteiger partial charge in [0.2, 0.25) is 0 Å². The largest absolute Gasteiger partial charge is 0.484 e. The smallest absolute Gasteiger partial charge is 0.257 e. The van der Waals surface area contributed by atoms with Crippen molar-refractivity contribution in [2.75, 3.05) is 26.9 Å². The maximum Gasteiger partial charge on any atom is 0.257 e. The summed E-state index contributed by atoms with van der Waals surface area (Å²) in [6.45, 7) is 1.22. The molecule has 0 aliphatic carbocycles. The van der Waals surface area contributed by atoms with Crippen molar-refractivity contribution in [2.45, 2.75) is 12.8 Å². The van der Waals surface area contributed by atoms with E-state index < -0.39 is 0 Å². The first kappa shape index (κ1) is 16.4. The van der Waals surface area contributed by atoms with Gasteiger partial charge in [-0.15, -0.1) is 0 Å². The summed E-state index contributed by atoms with van der Waals surface area (Å²) in [5.74, 6) is 0.497. The van der Waals surface area contributed by atoms with E-state index >= 15 is 0 Å². The van der Waals surface area contributed by atoms with Crippen LogP contribution in [0, 0.1) is 0 Å². The van der Waals surface area contributed by atoms with Crippen molar-refractivity contribution in [1.82, 2.24) is 5.32 Å². The van der Waals surface area contributed by atoms with E-state index in [1.54, 1.807) is 19.2 Å². The molecule has 3 N–H and O–H groups in total. The lowest BCUT2D eigenvalue weighted by Gasteiger charge is -2.08. The molecule has 20 heavy (non-hydrogen) atoms. The standard InChI is InChI=1S/C14H20N2O3S/c1-18-8-2-7-16-14(17)10-19-12-5-3-11(4-6-12)9-13(15)20/h3-6H,2,7-10H2,1H3,(H2,15,20)(H,16,17). The van der Waals surface area contributed by atoms with Crippen LogP contribution in [0.4, 0.5) is 0 Å². The molecule has 1 amide bonds. The van der Waals surface area contributed by atoms with Crippen molar-refractivity contribution in [3.8, 4) is 5.75 Å². The molecule has 0 aliphatic rings. The van der Waals surface area contributed by atoms with Crippen LogP contribution in [0.25, 0.3) is 0 Å². The fraction of sp³-hybridized carbons (Fsp3) is 0.429. The van der Waals surface area contributed by atoms with Gasteiger partial charge in [-0.1, -0.05) is 24.4 Å². The maximum atomic E-state index is 11.5. The number of hydrogen-bond acceptors (Lipinski definition) is 4. The van der Waals surface area contributed by atoms with Crippen molar-refractivity contribution in [1.29, 1.82) is 0 Å². The average molecular weight is 296 g/mol. The quantitative estimate of drug-likeness (QED) is 0.526. The van der Waals surface area contributed by atoms with Gasteiger partial charge in [0.05, 0.1) is 4.99 Å². The third-order valence-corrected chi connectivity index (χ3v) is 2.66. The Labute approximate surface area is 124 Å². The second kappa shape index (κ2) is 9.28. The number of benzene rings is 1. The minimum atomic E-state index is -0.145. The van der Waals surface area contributed by atoms with Crippen LogP contribution in [0.2, 0.25) is 0 Å². The molecule has 0 spiro atoms. The van der Waals surface area contributed by atoms with E-state index in [0.717, 1.165) is 12.0 Å². The lowest BCUT2D eigenvalue weighted by molar-refractivity contribution is -0.123. The molecular formula is C14H20N2O3S. The van der Waals surface area contributed by atoms with Crippen LogP contribution < -0.4 is 15.8 Å². The van der Waals surface area contributed by atoms with Crippen LogP contribution in [-0.4, -0.2) is 37.8 Å². The number of rotatable bonds is 9. The summed E-state index contributed by atoms with van der Waals surface area (Å²) in [4.78, 5) is 11.9. The number of thiocarbonyl (C=S) groups is 1. The Bertz CT molecular complexity index is 435. The molecule has 110 valence electrons. The Morgan fingerprint density at radius 2 is 2.05 bits per heavy atom. The van der Waals surface area contributed by atoms with Gasteiger partial charge in [-0.05, 0) is 24.1 Å². The second-order valence-corrected chi connectivity index (χ2v) is 4.80. The molecule has 1 aromatic carbocycles. The summed E-state index contributed by atoms with van der Waals surface area (Å²) in [6.07, 6.45) is 1.35. The number of methoxy groups -OCH3 is 1. The molecule has 6 heteroatoms. The monoisotopic (exact) mass is 296 g/mol. The number of amides is 1. The fourth-order valence-electron chi connectivity index (χ4n) is 1.55. The predicted molar refractivity (Wildman–Crippen MR) is 81.9 cm³/mol. The lowest BCUT2D eigenvalue weighted by atomic mass is 10.1. The molecule has 0 radical (unpaired) electrons. The maximum absolute atomic E-state index is 11.5. The first-order valence-electron chi connectivity index (χ1n) is 6.37. The van der Waals surface area contributed by atoms with Crippen LogP contribution in [-0.2, 0) is 16.0 Å². The SMILES string of the molecule is COCCCNC(=O)COc1ccc(CC(N)=S)cc1. The molecule has 1 rings (SSSR count). The topological polar surface area (TPSA) is 73.6 Å². The molecule has 0 aromatic heterocycles. The molecule has 1 aromatic rings. The van der Waals surface area contributed by atoms with Gasteiger partial charge in [-0.3, -0.25) is 4.79 Å². The predicted octanol–water partition coefficient (Wildman–Crippen LogP) is 1.05. The van der Waals surface area contributed by atoms with Gasteiger partial charge in [-0.2, -0.15) is 0 Å². The first-order valence-corrected chi connectivity index (χ1v) is 6.78. The normalized spacial score (nSPS) is 10.1. The number of carbonyl (C=O) groups is 1. The van der Waals surface area contributed by atoms with Gasteiger partial charge in [0.15, 0.2) is 6.61 Å². The molecule has 0 bridgehead atoms. The number of carbonyl (C=O) groups excluding carboxylic acids is 1. The van der Waals surface area contributed by atoms with Crippen LogP contribution in [0.1, 0.15) is 12.0 Å². The van der Waals surface area contributed by atoms with Gasteiger partial charge >= 0.3 is 0 Å². The lowest BCUT2D eigenvalue weighted by Crippen LogP contribution is -2.30. The number of nitrogens with two attached hydrogens (primary N) is 1. The Balaban J connectivity index is 2.27. The van der Waals surface area contributed by atoms with Crippen molar-refractivity contribution in [2.24, 2.45) is 5.73 Å². The van der Waals surface area contributed by atoms with E-state index in [1.165, 1.54) is 0 Å². The summed E-state index contributed by atoms with van der Waals surface area (Å²) in [5, 5.41) is 2.75. The highest BCUT2D eigenvalue weighted by Crippen LogP contribution is 2.12. The summed E-state index contributed by atoms with van der Waals surface area (Å²) in [6, 6.07) is 7.35. The minimum Gasteiger partial charge on any atom is -0.484 e. The molecule has 0 saturated heterocycles. The highest BCUT2D eigenvalue weighted by atomic mass is 32.1. The highest BCUT2D eigenvalue weighted by molar-refractivity contribution is 7.80. The van der Waals surface area contributed by atoms with Gasteiger partial charge in [-0.25, -0.2) is 0 Å². The summed E-state index contributed by atoms with van der Waals surface area (Å²) < 4.78 is 10.3. The summed E-state index contributed by atoms with van der Waals surface area (Å²) in [7, 11) is 1.63. The number of hydrogen-bond donors (Lipinski definition) is 2. The summed E-state index contributed by atoms with van der Waals surface area (Å²) in [5.41, 5.74) is 6.49. The minimum absolute atomic E-state index is 0.00162. The Kier molecular flexibility index (Phi) is 7.60. The molecule has 0 heterocycles. The van der Waals surface area contributed by atoms with Crippen LogP contribution in [0.3, 0.4) is 0 Å². The van der Waals surface area contributed by atoms with Gasteiger partial charge < -0.3 is 20.5 Å². The second-order valence-electron chi connectivity index (χ2n) is 4.27. The van der Waals surface area contributed by atoms with Gasteiger partial charge in [0, 0.05) is 26.7 Å². The molecule has 0 unspecified atom stereocenters. The molecule has 0 aliphatic heterocycles. The van der Waals surface area contributed by atoms with Crippen molar-refractivity contribution in [3.63, 3.8) is 0 Å². The first-order chi connectivity index (χ1) is 9.61. The number of nitrogens with one attached hydrogen (secondary N) is 1. The van der Waals surface area contributed by atoms with E-state index in [4.69, 9.17) is 27.4 Å². The van der Waals surface area contributed by atoms with E-state index in [9.17, 15) is 4.79 Å². The summed E-state index contributed by atoms with van der Waals surface area (Å²) >= 11 is 4.84. The third-order valence-electron chi connectivity index (χ3n) is 2.52. The zero-order valence-corrected chi connectivity index (χ0v) is 12.4. The average Bonchev–Trinajstić information content (AvgIpc) is 2.42. The number of ether oxygens (including phenoxy) is 2. The molecule has 0 atom stereocenters. The van der Waals surface area contributed by atoms with Crippen molar-refractivity contribution < 1.29 is 14.3 Å².